The second-order valence-corrected chi connectivity index (χ2v) is 7.49. The minimum absolute atomic E-state index is 0.0476. The highest BCUT2D eigenvalue weighted by atomic mass is 16.7. The summed E-state index contributed by atoms with van der Waals surface area (Å²) in [5, 5.41) is 3.07. The zero-order valence-corrected chi connectivity index (χ0v) is 17.0. The fraction of sp³-hybridized carbons (Fsp3) is 0.391. The van der Waals surface area contributed by atoms with E-state index in [9.17, 15) is 4.79 Å². The number of amides is 1. The van der Waals surface area contributed by atoms with Crippen LogP contribution in [0.3, 0.4) is 0 Å². The maximum absolute atomic E-state index is 12.7. The van der Waals surface area contributed by atoms with Crippen LogP contribution in [0.25, 0.3) is 5.65 Å². The number of nitrogens with one attached hydrogen (secondary N) is 1. The molecule has 6 nitrogen and oxygen atoms in total. The largest absolute Gasteiger partial charge is 0.454 e. The number of unbranched alkanes of at least 4 members (excludes halogenated alkanes) is 2. The Morgan fingerprint density at radius 3 is 2.97 bits per heavy atom. The molecular formula is C23H27N3O3. The number of carbonyl (C=O) groups is 1. The number of imidazole rings is 1. The molecule has 152 valence electrons. The van der Waals surface area contributed by atoms with E-state index in [1.54, 1.807) is 0 Å². The van der Waals surface area contributed by atoms with Gasteiger partial charge in [-0.1, -0.05) is 31.9 Å². The average molecular weight is 393 g/mol. The molecule has 0 bridgehead atoms. The third-order valence-electron chi connectivity index (χ3n) is 5.41. The van der Waals surface area contributed by atoms with Crippen LogP contribution < -0.4 is 14.8 Å². The number of aryl methyl sites for hydroxylation is 1. The summed E-state index contributed by atoms with van der Waals surface area (Å²) in [6.07, 6.45) is 7.50. The summed E-state index contributed by atoms with van der Waals surface area (Å²) < 4.78 is 13.1. The zero-order valence-electron chi connectivity index (χ0n) is 17.0. The molecule has 0 saturated carbocycles. The Morgan fingerprint density at radius 2 is 2.10 bits per heavy atom. The fourth-order valence-electron chi connectivity index (χ4n) is 3.81. The van der Waals surface area contributed by atoms with E-state index in [2.05, 4.69) is 21.6 Å². The van der Waals surface area contributed by atoms with Gasteiger partial charge in [0, 0.05) is 31.3 Å². The molecule has 0 fully saturated rings. The number of carbonyl (C=O) groups excluding carboxylic acids is 1. The summed E-state index contributed by atoms with van der Waals surface area (Å²) in [5.41, 5.74) is 4.02. The molecule has 6 heteroatoms. The topological polar surface area (TPSA) is 64.9 Å². The molecule has 0 saturated heterocycles. The monoisotopic (exact) mass is 393 g/mol. The van der Waals surface area contributed by atoms with Crippen LogP contribution in [0.5, 0.6) is 11.5 Å². The zero-order chi connectivity index (χ0) is 20.2. The predicted octanol–water partition coefficient (Wildman–Crippen LogP) is 4.20. The molecule has 2 aromatic heterocycles. The number of pyridine rings is 1. The third-order valence-corrected chi connectivity index (χ3v) is 5.41. The molecule has 1 aliphatic heterocycles. The smallest absolute Gasteiger partial charge is 0.231 e. The lowest BCUT2D eigenvalue weighted by molar-refractivity contribution is -0.121. The normalized spacial score (nSPS) is 13.6. The van der Waals surface area contributed by atoms with Crippen LogP contribution in [0.15, 0.2) is 42.7 Å². The molecule has 1 aliphatic rings. The average Bonchev–Trinajstić information content (AvgIpc) is 3.36. The Balaban J connectivity index is 1.65. The van der Waals surface area contributed by atoms with Gasteiger partial charge in [0.2, 0.25) is 12.7 Å². The molecule has 1 aromatic carbocycles. The van der Waals surface area contributed by atoms with Gasteiger partial charge in [-0.2, -0.15) is 0 Å². The molecule has 1 unspecified atom stereocenters. The van der Waals surface area contributed by atoms with Crippen LogP contribution in [-0.2, 0) is 4.79 Å². The number of nitrogens with zero attached hydrogens (tertiary/aromatic N) is 2. The van der Waals surface area contributed by atoms with E-state index in [0.29, 0.717) is 13.0 Å². The van der Waals surface area contributed by atoms with Crippen LogP contribution in [0, 0.1) is 6.92 Å². The lowest BCUT2D eigenvalue weighted by atomic mass is 9.92. The molecule has 1 amide bonds. The summed E-state index contributed by atoms with van der Waals surface area (Å²) in [6.45, 7) is 5.15. The van der Waals surface area contributed by atoms with E-state index in [0.717, 1.165) is 53.2 Å². The van der Waals surface area contributed by atoms with Gasteiger partial charge < -0.3 is 19.2 Å². The summed E-state index contributed by atoms with van der Waals surface area (Å²) in [6, 6.07) is 9.96. The van der Waals surface area contributed by atoms with Crippen molar-refractivity contribution < 1.29 is 14.3 Å². The Kier molecular flexibility index (Phi) is 5.69. The van der Waals surface area contributed by atoms with Crippen molar-refractivity contribution in [2.75, 3.05) is 13.3 Å². The Bertz CT molecular complexity index is 1010. The number of rotatable bonds is 8. The lowest BCUT2D eigenvalue weighted by Crippen LogP contribution is -2.26. The molecule has 0 radical (unpaired) electrons. The van der Waals surface area contributed by atoms with Crippen molar-refractivity contribution >= 4 is 11.6 Å². The molecule has 3 heterocycles. The number of ether oxygens (including phenoxy) is 2. The van der Waals surface area contributed by atoms with Gasteiger partial charge in [-0.15, -0.1) is 0 Å². The van der Waals surface area contributed by atoms with Crippen molar-refractivity contribution in [2.45, 2.75) is 45.4 Å². The van der Waals surface area contributed by atoms with Gasteiger partial charge in [0.25, 0.3) is 0 Å². The van der Waals surface area contributed by atoms with Gasteiger partial charge >= 0.3 is 0 Å². The first-order chi connectivity index (χ1) is 14.2. The number of fused-ring (bicyclic) bond motifs is 2. The van der Waals surface area contributed by atoms with Crippen LogP contribution >= 0.6 is 0 Å². The molecule has 29 heavy (non-hydrogen) atoms. The Labute approximate surface area is 170 Å². The van der Waals surface area contributed by atoms with Gasteiger partial charge in [-0.3, -0.25) is 4.79 Å². The Hall–Kier alpha value is -3.02. The van der Waals surface area contributed by atoms with Gasteiger partial charge in [0.05, 0.1) is 5.69 Å². The highest BCUT2D eigenvalue weighted by Crippen LogP contribution is 2.37. The Morgan fingerprint density at radius 1 is 1.24 bits per heavy atom. The quantitative estimate of drug-likeness (QED) is 0.583. The highest BCUT2D eigenvalue weighted by Gasteiger charge is 2.24. The maximum Gasteiger partial charge on any atom is 0.231 e. The summed E-state index contributed by atoms with van der Waals surface area (Å²) in [4.78, 5) is 17.3. The fourth-order valence-corrected chi connectivity index (χ4v) is 3.81. The molecule has 1 atom stereocenters. The SMILES string of the molecule is CCCCCNC(=O)CC(c1ccc2c(c1)OCO2)c1cnc2c(C)cccn12. The van der Waals surface area contributed by atoms with Gasteiger partial charge in [-0.05, 0) is 42.7 Å². The first-order valence-corrected chi connectivity index (χ1v) is 10.3. The predicted molar refractivity (Wildman–Crippen MR) is 111 cm³/mol. The van der Waals surface area contributed by atoms with Crippen LogP contribution in [0.2, 0.25) is 0 Å². The molecule has 3 aromatic rings. The summed E-state index contributed by atoms with van der Waals surface area (Å²) in [5.74, 6) is 1.38. The number of hydrogen-bond donors (Lipinski definition) is 1. The van der Waals surface area contributed by atoms with Crippen LogP contribution in [-0.4, -0.2) is 28.6 Å². The number of benzene rings is 1. The first kappa shape index (κ1) is 19.3. The number of hydrogen-bond acceptors (Lipinski definition) is 4. The van der Waals surface area contributed by atoms with Gasteiger partial charge in [0.15, 0.2) is 11.5 Å². The van der Waals surface area contributed by atoms with Crippen molar-refractivity contribution in [3.63, 3.8) is 0 Å². The van der Waals surface area contributed by atoms with Crippen molar-refractivity contribution in [2.24, 2.45) is 0 Å². The van der Waals surface area contributed by atoms with E-state index in [-0.39, 0.29) is 18.6 Å². The van der Waals surface area contributed by atoms with Crippen molar-refractivity contribution in [1.82, 2.24) is 14.7 Å². The third kappa shape index (κ3) is 4.06. The number of aromatic nitrogens is 2. The van der Waals surface area contributed by atoms with Crippen molar-refractivity contribution in [3.05, 3.63) is 59.5 Å². The van der Waals surface area contributed by atoms with Gasteiger partial charge in [0.1, 0.15) is 5.65 Å². The minimum atomic E-state index is -0.132. The van der Waals surface area contributed by atoms with E-state index in [1.807, 2.05) is 49.6 Å². The molecular weight excluding hydrogens is 366 g/mol. The second-order valence-electron chi connectivity index (χ2n) is 7.49. The van der Waals surface area contributed by atoms with Crippen molar-refractivity contribution in [3.8, 4) is 11.5 Å². The highest BCUT2D eigenvalue weighted by molar-refractivity contribution is 5.77. The minimum Gasteiger partial charge on any atom is -0.454 e. The standard InChI is InChI=1S/C23H27N3O3/c1-3-4-5-10-24-22(27)13-18(17-8-9-20-21(12-17)29-15-28-20)19-14-25-23-16(2)7-6-11-26(19)23/h6-9,11-12,14,18H,3-5,10,13,15H2,1-2H3,(H,24,27). The van der Waals surface area contributed by atoms with E-state index < -0.39 is 0 Å². The summed E-state index contributed by atoms with van der Waals surface area (Å²) >= 11 is 0. The van der Waals surface area contributed by atoms with Crippen LogP contribution in [0.1, 0.15) is 55.3 Å². The van der Waals surface area contributed by atoms with E-state index in [4.69, 9.17) is 9.47 Å². The molecule has 0 aliphatic carbocycles. The molecule has 4 rings (SSSR count). The lowest BCUT2D eigenvalue weighted by Gasteiger charge is -2.18. The van der Waals surface area contributed by atoms with Gasteiger partial charge in [-0.25, -0.2) is 4.98 Å². The second kappa shape index (κ2) is 8.55. The molecule has 0 spiro atoms. The first-order valence-electron chi connectivity index (χ1n) is 10.3. The van der Waals surface area contributed by atoms with E-state index >= 15 is 0 Å². The van der Waals surface area contributed by atoms with Crippen molar-refractivity contribution in [1.29, 1.82) is 0 Å². The molecule has 1 N–H and O–H groups in total. The van der Waals surface area contributed by atoms with E-state index in [1.165, 1.54) is 0 Å². The van der Waals surface area contributed by atoms with Crippen LogP contribution in [0.4, 0.5) is 0 Å². The summed E-state index contributed by atoms with van der Waals surface area (Å²) in [7, 11) is 0. The maximum atomic E-state index is 12.7.